The highest BCUT2D eigenvalue weighted by atomic mass is 32.1. The average Bonchev–Trinajstić information content (AvgIpc) is 3.18. The molecule has 126 valence electrons. The Morgan fingerprint density at radius 1 is 1.48 bits per heavy atom. The van der Waals surface area contributed by atoms with Gasteiger partial charge in [-0.05, 0) is 24.8 Å². The third-order valence-electron chi connectivity index (χ3n) is 3.77. The van der Waals surface area contributed by atoms with Crippen molar-refractivity contribution in [1.82, 2.24) is 14.9 Å². The van der Waals surface area contributed by atoms with Crippen molar-refractivity contribution in [2.75, 3.05) is 0 Å². The number of thiophene rings is 1. The minimum Gasteiger partial charge on any atom is -0.380 e. The predicted molar refractivity (Wildman–Crippen MR) is 92.4 cm³/mol. The van der Waals surface area contributed by atoms with E-state index in [0.717, 1.165) is 17.7 Å². The number of nitrogens with one attached hydrogen (secondary N) is 1. The number of imidazole rings is 1. The molecule has 0 saturated heterocycles. The maximum atomic E-state index is 12.2. The lowest BCUT2D eigenvalue weighted by molar-refractivity contribution is -0.122. The third kappa shape index (κ3) is 5.18. The molecule has 6 heteroatoms. The van der Waals surface area contributed by atoms with Gasteiger partial charge in [-0.1, -0.05) is 32.3 Å². The second kappa shape index (κ2) is 8.84. The molecule has 2 aromatic rings. The average molecular weight is 335 g/mol. The first-order chi connectivity index (χ1) is 11.1. The molecule has 23 heavy (non-hydrogen) atoms. The van der Waals surface area contributed by atoms with Crippen molar-refractivity contribution < 1.29 is 9.90 Å². The van der Waals surface area contributed by atoms with Gasteiger partial charge >= 0.3 is 0 Å². The monoisotopic (exact) mass is 335 g/mol. The van der Waals surface area contributed by atoms with Crippen LogP contribution in [0.4, 0.5) is 0 Å². The summed E-state index contributed by atoms with van der Waals surface area (Å²) < 4.78 is 1.71. The number of nitrogens with zero attached hydrogens (tertiary/aromatic N) is 2. The van der Waals surface area contributed by atoms with Crippen LogP contribution in [-0.2, 0) is 11.3 Å². The van der Waals surface area contributed by atoms with E-state index in [2.05, 4.69) is 17.2 Å². The Hall–Kier alpha value is -1.66. The lowest BCUT2D eigenvalue weighted by atomic mass is 10.1. The molecular formula is C17H25N3O2S. The predicted octanol–water partition coefficient (Wildman–Crippen LogP) is 3.11. The fraction of sp³-hybridized carbons (Fsp3) is 0.529. The van der Waals surface area contributed by atoms with Crippen LogP contribution in [0, 0.1) is 0 Å². The van der Waals surface area contributed by atoms with Gasteiger partial charge in [0.25, 0.3) is 0 Å². The Kier molecular flexibility index (Phi) is 6.80. The Bertz CT molecular complexity index is 595. The fourth-order valence-corrected chi connectivity index (χ4v) is 3.23. The fourth-order valence-electron chi connectivity index (χ4n) is 2.52. The Morgan fingerprint density at radius 3 is 3.00 bits per heavy atom. The summed E-state index contributed by atoms with van der Waals surface area (Å²) in [5, 5.41) is 15.3. The highest BCUT2D eigenvalue weighted by Crippen LogP contribution is 2.24. The van der Waals surface area contributed by atoms with Crippen molar-refractivity contribution in [3.8, 4) is 0 Å². The Labute approximate surface area is 141 Å². The number of amides is 1. The molecule has 0 spiro atoms. The highest BCUT2D eigenvalue weighted by Gasteiger charge is 2.18. The largest absolute Gasteiger partial charge is 0.380 e. The molecule has 0 fully saturated rings. The van der Waals surface area contributed by atoms with Crippen LogP contribution in [0.15, 0.2) is 29.9 Å². The van der Waals surface area contributed by atoms with Gasteiger partial charge in [-0.2, -0.15) is 0 Å². The van der Waals surface area contributed by atoms with Crippen LogP contribution < -0.4 is 5.32 Å². The van der Waals surface area contributed by atoms with E-state index in [1.54, 1.807) is 17.0 Å². The van der Waals surface area contributed by atoms with Crippen LogP contribution in [0.3, 0.4) is 0 Å². The number of hydrogen-bond donors (Lipinski definition) is 2. The van der Waals surface area contributed by atoms with Crippen molar-refractivity contribution >= 4 is 17.2 Å². The summed E-state index contributed by atoms with van der Waals surface area (Å²) in [5.41, 5.74) is 0. The summed E-state index contributed by atoms with van der Waals surface area (Å²) in [4.78, 5) is 17.2. The van der Waals surface area contributed by atoms with E-state index >= 15 is 0 Å². The molecule has 2 atom stereocenters. The van der Waals surface area contributed by atoms with E-state index in [1.807, 2.05) is 24.4 Å². The van der Waals surface area contributed by atoms with Crippen LogP contribution in [-0.4, -0.2) is 26.6 Å². The Balaban J connectivity index is 1.91. The zero-order valence-corrected chi connectivity index (χ0v) is 14.6. The van der Waals surface area contributed by atoms with Gasteiger partial charge in [0.2, 0.25) is 5.91 Å². The van der Waals surface area contributed by atoms with Crippen LogP contribution in [0.1, 0.15) is 56.3 Å². The van der Waals surface area contributed by atoms with Gasteiger partial charge in [0.05, 0.1) is 0 Å². The summed E-state index contributed by atoms with van der Waals surface area (Å²) in [7, 11) is 0. The van der Waals surface area contributed by atoms with Crippen molar-refractivity contribution in [2.24, 2.45) is 0 Å². The van der Waals surface area contributed by atoms with Gasteiger partial charge in [0, 0.05) is 23.3 Å². The number of carbonyl (C=O) groups excluding carboxylic acids is 1. The summed E-state index contributed by atoms with van der Waals surface area (Å²) in [6.07, 6.45) is 7.05. The normalized spacial score (nSPS) is 13.7. The second-order valence-corrected chi connectivity index (χ2v) is 6.77. The van der Waals surface area contributed by atoms with Gasteiger partial charge in [0.15, 0.2) is 0 Å². The molecule has 0 aliphatic carbocycles. The molecule has 2 aromatic heterocycles. The third-order valence-corrected chi connectivity index (χ3v) is 4.69. The number of hydrogen-bond acceptors (Lipinski definition) is 4. The maximum Gasteiger partial charge on any atom is 0.240 e. The first-order valence-electron chi connectivity index (χ1n) is 8.13. The summed E-state index contributed by atoms with van der Waals surface area (Å²) in [5.74, 6) is 0.452. The van der Waals surface area contributed by atoms with Crippen LogP contribution in [0.2, 0.25) is 0 Å². The van der Waals surface area contributed by atoms with Gasteiger partial charge in [-0.25, -0.2) is 4.98 Å². The van der Waals surface area contributed by atoms with Crippen LogP contribution in [0.5, 0.6) is 0 Å². The van der Waals surface area contributed by atoms with Crippen LogP contribution >= 0.6 is 11.3 Å². The maximum absolute atomic E-state index is 12.2. The molecule has 0 unspecified atom stereocenters. The highest BCUT2D eigenvalue weighted by molar-refractivity contribution is 7.10. The van der Waals surface area contributed by atoms with E-state index in [4.69, 9.17) is 0 Å². The standard InChI is InChI=1S/C17H25N3O2S/c1-3-4-5-7-13(2)19-15(21)12-20-10-9-18-17(20)16(22)14-8-6-11-23-14/h6,8-11,13,16,22H,3-5,7,12H2,1-2H3,(H,19,21)/t13-,16+/m0/s1. The van der Waals surface area contributed by atoms with E-state index in [-0.39, 0.29) is 18.5 Å². The minimum atomic E-state index is -0.792. The number of aliphatic hydroxyl groups excluding tert-OH is 1. The second-order valence-electron chi connectivity index (χ2n) is 5.80. The molecule has 2 rings (SSSR count). The van der Waals surface area contributed by atoms with E-state index < -0.39 is 6.10 Å². The van der Waals surface area contributed by atoms with Crippen molar-refractivity contribution in [1.29, 1.82) is 0 Å². The number of carbonyl (C=O) groups is 1. The van der Waals surface area contributed by atoms with Gasteiger partial charge in [-0.15, -0.1) is 11.3 Å². The molecule has 0 aliphatic heterocycles. The van der Waals surface area contributed by atoms with Crippen LogP contribution in [0.25, 0.3) is 0 Å². The van der Waals surface area contributed by atoms with E-state index in [9.17, 15) is 9.90 Å². The smallest absolute Gasteiger partial charge is 0.240 e. The van der Waals surface area contributed by atoms with Gasteiger partial charge < -0.3 is 15.0 Å². The van der Waals surface area contributed by atoms with Gasteiger partial charge in [0.1, 0.15) is 18.5 Å². The summed E-state index contributed by atoms with van der Waals surface area (Å²) in [6, 6.07) is 3.93. The molecule has 0 saturated carbocycles. The molecular weight excluding hydrogens is 310 g/mol. The SMILES string of the molecule is CCCCC[C@H](C)NC(=O)Cn1ccnc1[C@H](O)c1cccs1. The molecule has 0 bridgehead atoms. The zero-order chi connectivity index (χ0) is 16.7. The molecule has 2 N–H and O–H groups in total. The quantitative estimate of drug-likeness (QED) is 0.692. The minimum absolute atomic E-state index is 0.0494. The number of aliphatic hydroxyl groups is 1. The molecule has 0 radical (unpaired) electrons. The van der Waals surface area contributed by atoms with Crippen molar-refractivity contribution in [2.45, 2.75) is 58.2 Å². The topological polar surface area (TPSA) is 67.2 Å². The van der Waals surface area contributed by atoms with Crippen molar-refractivity contribution in [3.05, 3.63) is 40.6 Å². The molecule has 1 amide bonds. The van der Waals surface area contributed by atoms with Crippen molar-refractivity contribution in [3.63, 3.8) is 0 Å². The van der Waals surface area contributed by atoms with Gasteiger partial charge in [-0.3, -0.25) is 4.79 Å². The summed E-state index contributed by atoms with van der Waals surface area (Å²) >= 11 is 1.47. The molecule has 0 aromatic carbocycles. The van der Waals surface area contributed by atoms with E-state index in [1.165, 1.54) is 24.2 Å². The first kappa shape index (κ1) is 17.7. The molecule has 0 aliphatic rings. The zero-order valence-electron chi connectivity index (χ0n) is 13.7. The molecule has 5 nitrogen and oxygen atoms in total. The number of unbranched alkanes of at least 4 members (excludes halogenated alkanes) is 2. The lowest BCUT2D eigenvalue weighted by Crippen LogP contribution is -2.35. The molecule has 2 heterocycles. The lowest BCUT2D eigenvalue weighted by Gasteiger charge is -2.16. The van der Waals surface area contributed by atoms with E-state index in [0.29, 0.717) is 5.82 Å². The summed E-state index contributed by atoms with van der Waals surface area (Å²) in [6.45, 7) is 4.38. The number of aromatic nitrogens is 2. The first-order valence-corrected chi connectivity index (χ1v) is 9.01. The number of rotatable bonds is 9. The Morgan fingerprint density at radius 2 is 2.30 bits per heavy atom.